The number of nitrogens with zero attached hydrogens (tertiary/aromatic N) is 1. The summed E-state index contributed by atoms with van der Waals surface area (Å²) in [6.45, 7) is 3.85. The lowest BCUT2D eigenvalue weighted by Crippen LogP contribution is -2.38. The molecule has 1 atom stereocenters. The fourth-order valence-electron chi connectivity index (χ4n) is 3.52. The molecule has 8 nitrogen and oxygen atoms in total. The summed E-state index contributed by atoms with van der Waals surface area (Å²) in [5.41, 5.74) is 8.78. The molecule has 0 saturated carbocycles. The minimum Gasteiger partial charge on any atom is -0.409 e. The van der Waals surface area contributed by atoms with Gasteiger partial charge in [-0.2, -0.15) is 0 Å². The quantitative estimate of drug-likeness (QED) is 0.167. The van der Waals surface area contributed by atoms with Gasteiger partial charge in [0.2, 0.25) is 5.91 Å². The van der Waals surface area contributed by atoms with Crippen LogP contribution in [0.2, 0.25) is 0 Å². The molecule has 0 bridgehead atoms. The number of hydrogen-bond acceptors (Lipinski definition) is 6. The largest absolute Gasteiger partial charge is 0.409 e. The van der Waals surface area contributed by atoms with Gasteiger partial charge in [-0.15, -0.1) is 0 Å². The van der Waals surface area contributed by atoms with Gasteiger partial charge in [-0.25, -0.2) is 8.42 Å². The molecule has 3 aromatic carbocycles. The Morgan fingerprint density at radius 2 is 1.65 bits per heavy atom. The molecule has 178 valence electrons. The molecule has 1 amide bonds. The average Bonchev–Trinajstić information content (AvgIpc) is 2.82. The zero-order valence-corrected chi connectivity index (χ0v) is 20.0. The number of amides is 1. The number of rotatable bonds is 8. The van der Waals surface area contributed by atoms with Crippen LogP contribution >= 0.6 is 0 Å². The van der Waals surface area contributed by atoms with Crippen LogP contribution in [-0.2, 0) is 14.6 Å². The van der Waals surface area contributed by atoms with Gasteiger partial charge in [0.15, 0.2) is 15.7 Å². The second kappa shape index (κ2) is 10.4. The van der Waals surface area contributed by atoms with Crippen molar-refractivity contribution in [1.82, 2.24) is 0 Å². The number of carbonyl (C=O) groups is 1. The van der Waals surface area contributed by atoms with E-state index in [0.29, 0.717) is 22.5 Å². The van der Waals surface area contributed by atoms with Crippen LogP contribution in [0.5, 0.6) is 0 Å². The molecule has 9 heteroatoms. The Balaban J connectivity index is 1.78. The summed E-state index contributed by atoms with van der Waals surface area (Å²) in [6, 6.07) is 20.2. The molecular weight excluding hydrogens is 452 g/mol. The van der Waals surface area contributed by atoms with E-state index in [4.69, 9.17) is 10.9 Å². The fourth-order valence-corrected chi connectivity index (χ4v) is 4.43. The highest BCUT2D eigenvalue weighted by Gasteiger charge is 2.22. The number of amidine groups is 1. The second-order valence-corrected chi connectivity index (χ2v) is 10.3. The standard InChI is InChI=1S/C25H28N4O4S/c1-16(2)23(27-20-8-6-7-18(15-20)24(26)29-31)25(30)28-19-13-11-17(12-14-19)21-9-4-5-10-22(21)34(3,32)33/h4-16,23,27,31H,1-3H3,(H2,26,29)(H,28,30)/t23-/m0/s1. The molecule has 0 aliphatic heterocycles. The lowest BCUT2D eigenvalue weighted by atomic mass is 10.0. The maximum absolute atomic E-state index is 13.0. The lowest BCUT2D eigenvalue weighted by molar-refractivity contribution is -0.117. The molecule has 34 heavy (non-hydrogen) atoms. The van der Waals surface area contributed by atoms with E-state index in [9.17, 15) is 13.2 Å². The molecule has 3 aromatic rings. The summed E-state index contributed by atoms with van der Waals surface area (Å²) in [4.78, 5) is 13.3. The Kier molecular flexibility index (Phi) is 7.57. The van der Waals surface area contributed by atoms with Crippen molar-refractivity contribution in [2.24, 2.45) is 16.8 Å². The first kappa shape index (κ1) is 24.8. The maximum atomic E-state index is 13.0. The minimum atomic E-state index is -3.38. The third kappa shape index (κ3) is 5.93. The van der Waals surface area contributed by atoms with E-state index >= 15 is 0 Å². The van der Waals surface area contributed by atoms with Crippen LogP contribution in [0.25, 0.3) is 11.1 Å². The molecule has 0 aliphatic rings. The normalized spacial score (nSPS) is 12.9. The van der Waals surface area contributed by atoms with E-state index in [1.807, 2.05) is 13.8 Å². The summed E-state index contributed by atoms with van der Waals surface area (Å²) < 4.78 is 24.2. The molecule has 0 heterocycles. The Labute approximate surface area is 199 Å². The smallest absolute Gasteiger partial charge is 0.247 e. The zero-order chi connectivity index (χ0) is 24.9. The lowest BCUT2D eigenvalue weighted by Gasteiger charge is -2.23. The van der Waals surface area contributed by atoms with Crippen molar-refractivity contribution in [2.45, 2.75) is 24.8 Å². The Morgan fingerprint density at radius 3 is 2.26 bits per heavy atom. The van der Waals surface area contributed by atoms with Crippen LogP contribution in [0.15, 0.2) is 82.8 Å². The number of oxime groups is 1. The number of nitrogens with one attached hydrogen (secondary N) is 2. The SMILES string of the molecule is CC(C)[C@H](Nc1cccc(C(N)=NO)c1)C(=O)Nc1ccc(-c2ccccc2S(C)(=O)=O)cc1. The molecule has 0 aliphatic carbocycles. The second-order valence-electron chi connectivity index (χ2n) is 8.27. The fraction of sp³-hybridized carbons (Fsp3) is 0.200. The van der Waals surface area contributed by atoms with Gasteiger partial charge in [0, 0.05) is 28.8 Å². The van der Waals surface area contributed by atoms with Crippen molar-refractivity contribution in [2.75, 3.05) is 16.9 Å². The van der Waals surface area contributed by atoms with Gasteiger partial charge < -0.3 is 21.6 Å². The Morgan fingerprint density at radius 1 is 0.971 bits per heavy atom. The van der Waals surface area contributed by atoms with Gasteiger partial charge >= 0.3 is 0 Å². The van der Waals surface area contributed by atoms with Crippen LogP contribution in [0.4, 0.5) is 11.4 Å². The third-order valence-electron chi connectivity index (χ3n) is 5.29. The molecule has 0 saturated heterocycles. The van der Waals surface area contributed by atoms with E-state index in [0.717, 1.165) is 5.56 Å². The molecule has 3 rings (SSSR count). The van der Waals surface area contributed by atoms with Gasteiger partial charge in [-0.05, 0) is 41.8 Å². The van der Waals surface area contributed by atoms with Crippen molar-refractivity contribution in [3.63, 3.8) is 0 Å². The first-order valence-corrected chi connectivity index (χ1v) is 12.5. The van der Waals surface area contributed by atoms with Crippen molar-refractivity contribution < 1.29 is 18.4 Å². The monoisotopic (exact) mass is 480 g/mol. The predicted octanol–water partition coefficient (Wildman–Crippen LogP) is 3.93. The number of anilines is 2. The van der Waals surface area contributed by atoms with Crippen molar-refractivity contribution >= 4 is 33.0 Å². The van der Waals surface area contributed by atoms with Gasteiger partial charge in [-0.3, -0.25) is 4.79 Å². The summed E-state index contributed by atoms with van der Waals surface area (Å²) >= 11 is 0. The topological polar surface area (TPSA) is 134 Å². The van der Waals surface area contributed by atoms with Crippen LogP contribution < -0.4 is 16.4 Å². The number of carbonyl (C=O) groups excluding carboxylic acids is 1. The van der Waals surface area contributed by atoms with Crippen LogP contribution in [0.3, 0.4) is 0 Å². The van der Waals surface area contributed by atoms with E-state index in [2.05, 4.69) is 15.8 Å². The molecule has 5 N–H and O–H groups in total. The first-order chi connectivity index (χ1) is 16.1. The average molecular weight is 481 g/mol. The summed E-state index contributed by atoms with van der Waals surface area (Å²) in [6.07, 6.45) is 1.18. The number of benzene rings is 3. The van der Waals surface area contributed by atoms with Gasteiger partial charge in [0.1, 0.15) is 6.04 Å². The van der Waals surface area contributed by atoms with Crippen molar-refractivity contribution in [3.8, 4) is 11.1 Å². The molecular formula is C25H28N4O4S. The highest BCUT2D eigenvalue weighted by molar-refractivity contribution is 7.90. The van der Waals surface area contributed by atoms with Crippen LogP contribution in [0, 0.1) is 5.92 Å². The van der Waals surface area contributed by atoms with Gasteiger partial charge in [0.05, 0.1) is 4.90 Å². The highest BCUT2D eigenvalue weighted by atomic mass is 32.2. The Hall–Kier alpha value is -3.85. The summed E-state index contributed by atoms with van der Waals surface area (Å²) in [5, 5.41) is 18.0. The van der Waals surface area contributed by atoms with E-state index in [-0.39, 0.29) is 22.6 Å². The predicted molar refractivity (Wildman–Crippen MR) is 135 cm³/mol. The number of sulfone groups is 1. The van der Waals surface area contributed by atoms with Crippen LogP contribution in [0.1, 0.15) is 19.4 Å². The molecule has 0 aromatic heterocycles. The van der Waals surface area contributed by atoms with E-state index in [1.54, 1.807) is 72.8 Å². The highest BCUT2D eigenvalue weighted by Crippen LogP contribution is 2.28. The first-order valence-electron chi connectivity index (χ1n) is 10.6. The van der Waals surface area contributed by atoms with Crippen LogP contribution in [-0.4, -0.2) is 37.7 Å². The van der Waals surface area contributed by atoms with Gasteiger partial charge in [0.25, 0.3) is 0 Å². The minimum absolute atomic E-state index is 0.0215. The zero-order valence-electron chi connectivity index (χ0n) is 19.2. The Bertz CT molecular complexity index is 1300. The van der Waals surface area contributed by atoms with Gasteiger partial charge in [-0.1, -0.05) is 61.5 Å². The maximum Gasteiger partial charge on any atom is 0.247 e. The number of hydrogen-bond donors (Lipinski definition) is 4. The number of nitrogens with two attached hydrogens (primary N) is 1. The molecule has 0 spiro atoms. The summed E-state index contributed by atoms with van der Waals surface area (Å²) in [7, 11) is -3.38. The summed E-state index contributed by atoms with van der Waals surface area (Å²) in [5.74, 6) is -0.284. The molecule has 0 fully saturated rings. The third-order valence-corrected chi connectivity index (χ3v) is 6.44. The van der Waals surface area contributed by atoms with E-state index in [1.165, 1.54) is 6.26 Å². The van der Waals surface area contributed by atoms with E-state index < -0.39 is 15.9 Å². The van der Waals surface area contributed by atoms with Crippen molar-refractivity contribution in [1.29, 1.82) is 0 Å². The molecule has 0 unspecified atom stereocenters. The molecule has 0 radical (unpaired) electrons. The van der Waals surface area contributed by atoms with Crippen molar-refractivity contribution in [3.05, 3.63) is 78.4 Å².